The van der Waals surface area contributed by atoms with Crippen molar-refractivity contribution in [2.24, 2.45) is 5.73 Å². The zero-order valence-corrected chi connectivity index (χ0v) is 11.5. The second-order valence-electron chi connectivity index (χ2n) is 4.76. The molecule has 6 nitrogen and oxygen atoms in total. The number of hydrogen-bond donors (Lipinski definition) is 3. The zero-order valence-electron chi connectivity index (χ0n) is 10.6. The average Bonchev–Trinajstić information content (AvgIpc) is 3.14. The molecule has 3 aromatic heterocycles. The number of fused-ring (bicyclic) bond motifs is 3. The predicted octanol–water partition coefficient (Wildman–Crippen LogP) is 1.93. The van der Waals surface area contributed by atoms with Crippen LogP contribution in [0.15, 0.2) is 16.8 Å². The molecule has 0 atom stereocenters. The molecule has 102 valence electrons. The summed E-state index contributed by atoms with van der Waals surface area (Å²) in [6.45, 7) is 0.475. The number of nitrogens with zero attached hydrogens (tertiary/aromatic N) is 2. The molecule has 0 saturated carbocycles. The lowest BCUT2D eigenvalue weighted by Crippen LogP contribution is -2.06. The van der Waals surface area contributed by atoms with Crippen molar-refractivity contribution < 1.29 is 4.52 Å². The quantitative estimate of drug-likeness (QED) is 0.667. The van der Waals surface area contributed by atoms with Gasteiger partial charge in [0.2, 0.25) is 0 Å². The molecular weight excluding hydrogens is 274 g/mol. The van der Waals surface area contributed by atoms with Gasteiger partial charge in [0.15, 0.2) is 5.76 Å². The molecule has 3 heterocycles. The third kappa shape index (κ3) is 1.47. The van der Waals surface area contributed by atoms with Crippen LogP contribution in [-0.2, 0) is 19.4 Å². The molecule has 1 aliphatic carbocycles. The van der Waals surface area contributed by atoms with E-state index in [1.54, 1.807) is 17.5 Å². The van der Waals surface area contributed by atoms with Crippen molar-refractivity contribution in [1.82, 2.24) is 15.4 Å². The van der Waals surface area contributed by atoms with Crippen LogP contribution in [0.5, 0.6) is 0 Å². The number of aromatic nitrogens is 3. The van der Waals surface area contributed by atoms with E-state index in [0.717, 1.165) is 45.2 Å². The molecule has 1 aliphatic rings. The SMILES string of the molecule is NCc1c(N)sc2c1CCc1[nH]nc(-c3ccno3)c1-2. The minimum absolute atomic E-state index is 0.475. The molecule has 0 aromatic carbocycles. The summed E-state index contributed by atoms with van der Waals surface area (Å²) in [5.74, 6) is 0.664. The summed E-state index contributed by atoms with van der Waals surface area (Å²) >= 11 is 1.58. The molecule has 0 spiro atoms. The summed E-state index contributed by atoms with van der Waals surface area (Å²) in [6, 6.07) is 1.81. The van der Waals surface area contributed by atoms with Gasteiger partial charge in [-0.3, -0.25) is 5.10 Å². The molecule has 20 heavy (non-hydrogen) atoms. The summed E-state index contributed by atoms with van der Waals surface area (Å²) < 4.78 is 5.24. The van der Waals surface area contributed by atoms with Gasteiger partial charge in [-0.1, -0.05) is 5.16 Å². The second-order valence-corrected chi connectivity index (χ2v) is 5.81. The Labute approximate surface area is 118 Å². The van der Waals surface area contributed by atoms with Gasteiger partial charge in [-0.2, -0.15) is 5.10 Å². The van der Waals surface area contributed by atoms with Gasteiger partial charge in [0.1, 0.15) is 5.69 Å². The van der Waals surface area contributed by atoms with Crippen LogP contribution in [-0.4, -0.2) is 15.4 Å². The normalized spacial score (nSPS) is 13.2. The van der Waals surface area contributed by atoms with Gasteiger partial charge >= 0.3 is 0 Å². The minimum Gasteiger partial charge on any atom is -0.390 e. The lowest BCUT2D eigenvalue weighted by Gasteiger charge is -2.13. The Morgan fingerprint density at radius 2 is 2.30 bits per heavy atom. The van der Waals surface area contributed by atoms with E-state index in [9.17, 15) is 0 Å². The van der Waals surface area contributed by atoms with Crippen molar-refractivity contribution >= 4 is 16.3 Å². The number of nitrogens with two attached hydrogens (primary N) is 2. The Hall–Kier alpha value is -2.12. The van der Waals surface area contributed by atoms with E-state index in [1.807, 2.05) is 6.07 Å². The summed E-state index contributed by atoms with van der Waals surface area (Å²) in [6.07, 6.45) is 3.47. The predicted molar refractivity (Wildman–Crippen MR) is 77.1 cm³/mol. The van der Waals surface area contributed by atoms with E-state index in [4.69, 9.17) is 16.0 Å². The molecule has 0 aliphatic heterocycles. The van der Waals surface area contributed by atoms with Crippen LogP contribution < -0.4 is 11.5 Å². The fourth-order valence-corrected chi connectivity index (χ4v) is 4.00. The van der Waals surface area contributed by atoms with Gasteiger partial charge in [-0.05, 0) is 18.4 Å². The maximum Gasteiger partial charge on any atom is 0.187 e. The fraction of sp³-hybridized carbons (Fsp3) is 0.231. The summed E-state index contributed by atoms with van der Waals surface area (Å²) in [5.41, 5.74) is 17.2. The maximum absolute atomic E-state index is 6.10. The Morgan fingerprint density at radius 3 is 3.05 bits per heavy atom. The van der Waals surface area contributed by atoms with Gasteiger partial charge in [-0.25, -0.2) is 0 Å². The number of aromatic amines is 1. The first kappa shape index (κ1) is 11.7. The smallest absolute Gasteiger partial charge is 0.187 e. The first-order chi connectivity index (χ1) is 9.79. The van der Waals surface area contributed by atoms with Crippen LogP contribution in [0.3, 0.4) is 0 Å². The molecule has 7 heteroatoms. The zero-order chi connectivity index (χ0) is 13.7. The molecule has 0 saturated heterocycles. The summed E-state index contributed by atoms with van der Waals surface area (Å²) in [5, 5.41) is 12.0. The van der Waals surface area contributed by atoms with Crippen molar-refractivity contribution in [3.05, 3.63) is 29.1 Å². The molecule has 4 rings (SSSR count). The number of hydrogen-bond acceptors (Lipinski definition) is 6. The summed E-state index contributed by atoms with van der Waals surface area (Å²) in [7, 11) is 0. The second kappa shape index (κ2) is 4.19. The van der Waals surface area contributed by atoms with Crippen molar-refractivity contribution in [2.45, 2.75) is 19.4 Å². The minimum atomic E-state index is 0.475. The molecule has 0 unspecified atom stereocenters. The summed E-state index contributed by atoms with van der Waals surface area (Å²) in [4.78, 5) is 1.16. The lowest BCUT2D eigenvalue weighted by molar-refractivity contribution is 0.431. The Balaban J connectivity index is 1.97. The van der Waals surface area contributed by atoms with Gasteiger partial charge in [0.05, 0.1) is 11.2 Å². The van der Waals surface area contributed by atoms with E-state index < -0.39 is 0 Å². The first-order valence-corrected chi connectivity index (χ1v) is 7.20. The number of rotatable bonds is 2. The van der Waals surface area contributed by atoms with Crippen molar-refractivity contribution in [1.29, 1.82) is 0 Å². The van der Waals surface area contributed by atoms with Crippen LogP contribution in [0.25, 0.3) is 21.9 Å². The molecule has 0 amide bonds. The van der Waals surface area contributed by atoms with Crippen molar-refractivity contribution in [2.75, 3.05) is 5.73 Å². The number of anilines is 1. The van der Waals surface area contributed by atoms with Gasteiger partial charge in [0, 0.05) is 34.3 Å². The van der Waals surface area contributed by atoms with Crippen LogP contribution in [0.4, 0.5) is 5.00 Å². The average molecular weight is 287 g/mol. The van der Waals surface area contributed by atoms with Crippen LogP contribution in [0.2, 0.25) is 0 Å². The molecule has 0 bridgehead atoms. The standard InChI is InChI=1S/C13H13N5OS/c14-5-7-6-1-2-8-10(12(6)20-13(7)15)11(18-17-8)9-3-4-16-19-9/h3-4H,1-2,5,14-15H2,(H,17,18). The number of nitrogen functional groups attached to an aromatic ring is 1. The van der Waals surface area contributed by atoms with Gasteiger partial charge in [-0.15, -0.1) is 11.3 Å². The third-order valence-electron chi connectivity index (χ3n) is 3.72. The van der Waals surface area contributed by atoms with Crippen LogP contribution >= 0.6 is 11.3 Å². The van der Waals surface area contributed by atoms with E-state index in [0.29, 0.717) is 12.3 Å². The van der Waals surface area contributed by atoms with E-state index in [1.165, 1.54) is 5.56 Å². The molecule has 0 radical (unpaired) electrons. The topological polar surface area (TPSA) is 107 Å². The number of thiophene rings is 1. The van der Waals surface area contributed by atoms with Crippen molar-refractivity contribution in [3.8, 4) is 21.9 Å². The van der Waals surface area contributed by atoms with Crippen molar-refractivity contribution in [3.63, 3.8) is 0 Å². The molecule has 0 fully saturated rings. The van der Waals surface area contributed by atoms with Crippen LogP contribution in [0, 0.1) is 0 Å². The van der Waals surface area contributed by atoms with E-state index >= 15 is 0 Å². The Morgan fingerprint density at radius 1 is 1.40 bits per heavy atom. The molecule has 3 aromatic rings. The monoisotopic (exact) mass is 287 g/mol. The highest BCUT2D eigenvalue weighted by molar-refractivity contribution is 7.19. The number of aryl methyl sites for hydroxylation is 1. The van der Waals surface area contributed by atoms with Gasteiger partial charge in [0.25, 0.3) is 0 Å². The maximum atomic E-state index is 6.10. The van der Waals surface area contributed by atoms with Gasteiger partial charge < -0.3 is 16.0 Å². The largest absolute Gasteiger partial charge is 0.390 e. The Kier molecular flexibility index (Phi) is 2.45. The van der Waals surface area contributed by atoms with E-state index in [2.05, 4.69) is 15.4 Å². The highest BCUT2D eigenvalue weighted by Crippen LogP contribution is 2.46. The number of nitrogens with one attached hydrogen (secondary N) is 1. The lowest BCUT2D eigenvalue weighted by atomic mass is 9.92. The van der Waals surface area contributed by atoms with E-state index in [-0.39, 0.29) is 0 Å². The number of H-pyrrole nitrogens is 1. The van der Waals surface area contributed by atoms with Crippen LogP contribution in [0.1, 0.15) is 16.8 Å². The Bertz CT molecular complexity index is 771. The molecular formula is C13H13N5OS. The highest BCUT2D eigenvalue weighted by Gasteiger charge is 2.28. The third-order valence-corrected chi connectivity index (χ3v) is 4.84. The molecule has 5 N–H and O–H groups in total. The first-order valence-electron chi connectivity index (χ1n) is 6.38. The fourth-order valence-electron chi connectivity index (χ4n) is 2.78. The highest BCUT2D eigenvalue weighted by atomic mass is 32.1.